The molecule has 4 rings (SSSR count). The Morgan fingerprint density at radius 1 is 0.965 bits per heavy atom. The highest BCUT2D eigenvalue weighted by Crippen LogP contribution is 2.50. The number of alkyl carbamates (subject to hydrolysis) is 1. The number of aliphatic hydroxyl groups excluding tert-OH is 1. The molecule has 0 spiro atoms. The van der Waals surface area contributed by atoms with Gasteiger partial charge in [-0.1, -0.05) is 49.6 Å². The zero-order valence-electron chi connectivity index (χ0n) is 33.1. The second-order valence-electron chi connectivity index (χ2n) is 16.5. The number of ether oxygens (including phenoxy) is 1. The number of amides is 5. The lowest BCUT2D eigenvalue weighted by molar-refractivity contribution is -0.145. The summed E-state index contributed by atoms with van der Waals surface area (Å²) in [4.78, 5) is 83.3. The molecule has 1 aromatic rings. The molecule has 14 nitrogen and oxygen atoms in total. The van der Waals surface area contributed by atoms with E-state index in [4.69, 9.17) is 4.74 Å². The number of fused-ring (bicyclic) bond motifs is 1. The summed E-state index contributed by atoms with van der Waals surface area (Å²) in [6.45, 7) is 4.08. The number of alkyl halides is 4. The van der Waals surface area contributed by atoms with E-state index in [9.17, 15) is 51.4 Å². The van der Waals surface area contributed by atoms with Crippen molar-refractivity contribution < 1.29 is 56.2 Å². The molecule has 5 N–H and O–H groups in total. The number of rotatable bonds is 16. The number of hydrogen-bond donors (Lipinski definition) is 5. The molecule has 57 heavy (non-hydrogen) atoms. The lowest BCUT2D eigenvalue weighted by atomic mass is 9.83. The zero-order chi connectivity index (χ0) is 42.2. The maximum absolute atomic E-state index is 14.8. The quantitative estimate of drug-likeness (QED) is 0.0950. The smallest absolute Gasteiger partial charge is 0.408 e. The average Bonchev–Trinajstić information content (AvgIpc) is 3.63. The maximum atomic E-state index is 14.8. The van der Waals surface area contributed by atoms with Crippen molar-refractivity contribution in [2.24, 2.45) is 17.8 Å². The first-order valence-electron chi connectivity index (χ1n) is 19.5. The van der Waals surface area contributed by atoms with Crippen LogP contribution in [0.4, 0.5) is 22.4 Å². The summed E-state index contributed by atoms with van der Waals surface area (Å²) in [6, 6.07) is 2.77. The summed E-state index contributed by atoms with van der Waals surface area (Å²) in [5, 5.41) is 20.5. The van der Waals surface area contributed by atoms with E-state index in [1.165, 1.54) is 19.0 Å². The molecule has 1 heterocycles. The van der Waals surface area contributed by atoms with Gasteiger partial charge >= 0.3 is 6.09 Å². The molecule has 3 aliphatic rings. The number of carbonyl (C=O) groups excluding carboxylic acids is 6. The van der Waals surface area contributed by atoms with Crippen molar-refractivity contribution >= 4 is 35.5 Å². The minimum absolute atomic E-state index is 0.252. The van der Waals surface area contributed by atoms with Gasteiger partial charge in [-0.05, 0) is 63.4 Å². The summed E-state index contributed by atoms with van der Waals surface area (Å²) in [7, 11) is 3.02. The topological polar surface area (TPSA) is 186 Å². The number of halogens is 4. The first-order valence-corrected chi connectivity index (χ1v) is 19.5. The third-order valence-electron chi connectivity index (χ3n) is 10.7. The molecule has 0 aromatic heterocycles. The van der Waals surface area contributed by atoms with Gasteiger partial charge in [0.1, 0.15) is 30.0 Å². The van der Waals surface area contributed by atoms with Crippen LogP contribution in [0.15, 0.2) is 30.3 Å². The van der Waals surface area contributed by atoms with Crippen LogP contribution in [-0.4, -0.2) is 120 Å². The van der Waals surface area contributed by atoms with Gasteiger partial charge in [0.25, 0.3) is 5.91 Å². The number of benzene rings is 1. The predicted molar refractivity (Wildman–Crippen MR) is 199 cm³/mol. The van der Waals surface area contributed by atoms with Gasteiger partial charge in [0, 0.05) is 39.9 Å². The summed E-state index contributed by atoms with van der Waals surface area (Å²) in [5.41, 5.74) is -0.404. The third kappa shape index (κ3) is 12.6. The van der Waals surface area contributed by atoms with Gasteiger partial charge in [-0.15, -0.1) is 0 Å². The van der Waals surface area contributed by atoms with Crippen molar-refractivity contribution in [1.82, 2.24) is 31.1 Å². The second-order valence-corrected chi connectivity index (χ2v) is 16.5. The van der Waals surface area contributed by atoms with E-state index in [1.54, 1.807) is 51.1 Å². The third-order valence-corrected chi connectivity index (χ3v) is 10.7. The van der Waals surface area contributed by atoms with Crippen molar-refractivity contribution in [2.45, 2.75) is 127 Å². The molecule has 7 atom stereocenters. The Morgan fingerprint density at radius 2 is 1.61 bits per heavy atom. The van der Waals surface area contributed by atoms with E-state index in [-0.39, 0.29) is 12.5 Å². The highest BCUT2D eigenvalue weighted by atomic mass is 19.3. The Kier molecular flexibility index (Phi) is 15.5. The number of carbonyl (C=O) groups is 6. The Bertz CT molecular complexity index is 1590. The van der Waals surface area contributed by atoms with E-state index >= 15 is 0 Å². The van der Waals surface area contributed by atoms with Crippen molar-refractivity contribution in [3.63, 3.8) is 0 Å². The number of likely N-dealkylation sites (tertiary alicyclic amines) is 1. The minimum Gasteiger partial charge on any atom is -0.444 e. The molecular formula is C39H56F4N6O8. The molecular weight excluding hydrogens is 756 g/mol. The molecule has 2 saturated carbocycles. The van der Waals surface area contributed by atoms with Crippen LogP contribution < -0.4 is 21.3 Å². The van der Waals surface area contributed by atoms with Gasteiger partial charge in [-0.25, -0.2) is 22.4 Å². The molecule has 1 aromatic carbocycles. The molecule has 5 amide bonds. The van der Waals surface area contributed by atoms with Gasteiger partial charge < -0.3 is 35.6 Å². The molecule has 318 valence electrons. The van der Waals surface area contributed by atoms with E-state index in [0.717, 1.165) is 24.2 Å². The molecule has 3 unspecified atom stereocenters. The molecule has 0 bridgehead atoms. The number of ketones is 1. The standard InChI is InChI=1S/C39H56F4N6O8/c1-38(2,3)57-37(56)47-30(23-14-10-7-11-15-23)36(55)49-21-24-18-39(42,43)19-25(24)31(49)33(52)45-26(16-17-27(40)41)32(51)34(53)44-20-28(50)46-29(35(54)48(4)5)22-12-8-6-9-13-22/h6,8-9,12-13,23-31,46,50H,7,10-11,14-21H2,1-5H3,(H,44,53)(H,45,52)(H,47,56)/t24-,25-,26?,28?,29-,30?,31-/m0/s1. The summed E-state index contributed by atoms with van der Waals surface area (Å²) in [5.74, 6) is -10.3. The fourth-order valence-corrected chi connectivity index (χ4v) is 8.04. The van der Waals surface area contributed by atoms with Gasteiger partial charge in [-0.3, -0.25) is 29.3 Å². The number of hydrogen-bond acceptors (Lipinski definition) is 9. The number of aliphatic hydroxyl groups is 1. The summed E-state index contributed by atoms with van der Waals surface area (Å²) < 4.78 is 61.9. The number of Topliss-reactive ketones (excluding diaryl/α,β-unsaturated/α-hetero) is 1. The van der Waals surface area contributed by atoms with Crippen LogP contribution in [0, 0.1) is 17.8 Å². The Balaban J connectivity index is 1.53. The van der Waals surface area contributed by atoms with Crippen LogP contribution in [-0.2, 0) is 28.7 Å². The van der Waals surface area contributed by atoms with Crippen molar-refractivity contribution in [3.8, 4) is 0 Å². The van der Waals surface area contributed by atoms with Gasteiger partial charge in [-0.2, -0.15) is 0 Å². The number of nitrogens with one attached hydrogen (secondary N) is 4. The summed E-state index contributed by atoms with van der Waals surface area (Å²) >= 11 is 0. The zero-order valence-corrected chi connectivity index (χ0v) is 33.1. The van der Waals surface area contributed by atoms with Crippen molar-refractivity contribution in [1.29, 1.82) is 0 Å². The maximum Gasteiger partial charge on any atom is 0.408 e. The highest BCUT2D eigenvalue weighted by Gasteiger charge is 2.59. The van der Waals surface area contributed by atoms with Crippen molar-refractivity contribution in [3.05, 3.63) is 35.9 Å². The molecule has 2 aliphatic carbocycles. The monoisotopic (exact) mass is 812 g/mol. The van der Waals surface area contributed by atoms with Crippen LogP contribution >= 0.6 is 0 Å². The molecule has 0 radical (unpaired) electrons. The lowest BCUT2D eigenvalue weighted by Crippen LogP contribution is -2.59. The summed E-state index contributed by atoms with van der Waals surface area (Å²) in [6.07, 6.45) is -4.77. The SMILES string of the molecule is CN(C)C(=O)[C@@H](NC(O)CNC(=O)C(=O)C(CCC(F)F)NC(=O)[C@@H]1[C@H]2CC(F)(F)C[C@H]2CN1C(=O)C(NC(=O)OC(C)(C)C)C1CCCCC1)c1ccccc1. The van der Waals surface area contributed by atoms with Crippen LogP contribution in [0.2, 0.25) is 0 Å². The Hall–Kier alpha value is -4.32. The fourth-order valence-electron chi connectivity index (χ4n) is 8.04. The fraction of sp³-hybridized carbons (Fsp3) is 0.692. The average molecular weight is 813 g/mol. The number of likely N-dealkylation sites (N-methyl/N-ethyl adjacent to an activating group) is 1. The van der Waals surface area contributed by atoms with Crippen LogP contribution in [0.25, 0.3) is 0 Å². The molecule has 1 saturated heterocycles. The highest BCUT2D eigenvalue weighted by molar-refractivity contribution is 6.38. The largest absolute Gasteiger partial charge is 0.444 e. The Morgan fingerprint density at radius 3 is 2.21 bits per heavy atom. The van der Waals surface area contributed by atoms with Gasteiger partial charge in [0.2, 0.25) is 35.9 Å². The molecule has 1 aliphatic heterocycles. The lowest BCUT2D eigenvalue weighted by Gasteiger charge is -2.36. The van der Waals surface area contributed by atoms with E-state index in [2.05, 4.69) is 21.3 Å². The first kappa shape index (κ1) is 45.4. The van der Waals surface area contributed by atoms with Crippen molar-refractivity contribution in [2.75, 3.05) is 27.2 Å². The number of nitrogens with zero attached hydrogens (tertiary/aromatic N) is 2. The minimum atomic E-state index is -3.16. The normalized spacial score (nSPS) is 22.8. The van der Waals surface area contributed by atoms with Crippen LogP contribution in [0.5, 0.6) is 0 Å². The van der Waals surface area contributed by atoms with E-state index in [1.807, 2.05) is 0 Å². The van der Waals surface area contributed by atoms with Gasteiger partial charge in [0.05, 0.1) is 12.6 Å². The molecule has 3 fully saturated rings. The second kappa shape index (κ2) is 19.4. The van der Waals surface area contributed by atoms with E-state index in [0.29, 0.717) is 18.4 Å². The van der Waals surface area contributed by atoms with Gasteiger partial charge in [0.15, 0.2) is 0 Å². The molecule has 18 heteroatoms. The van der Waals surface area contributed by atoms with Crippen LogP contribution in [0.3, 0.4) is 0 Å². The van der Waals surface area contributed by atoms with E-state index < -0.39 is 128 Å². The van der Waals surface area contributed by atoms with Crippen LogP contribution in [0.1, 0.15) is 90.2 Å². The Labute approximate surface area is 330 Å². The first-order chi connectivity index (χ1) is 26.7. The predicted octanol–water partition coefficient (Wildman–Crippen LogP) is 3.29.